The van der Waals surface area contributed by atoms with E-state index >= 15 is 0 Å². The molecule has 0 spiro atoms. The molecule has 0 amide bonds. The Morgan fingerprint density at radius 3 is 2.52 bits per heavy atom. The third-order valence-electron chi connectivity index (χ3n) is 7.15. The van der Waals surface area contributed by atoms with Gasteiger partial charge in [0.15, 0.2) is 5.82 Å². The Morgan fingerprint density at radius 2 is 1.79 bits per heavy atom. The summed E-state index contributed by atoms with van der Waals surface area (Å²) in [6.45, 7) is 7.26. The van der Waals surface area contributed by atoms with Crippen LogP contribution >= 0.6 is 0 Å². The van der Waals surface area contributed by atoms with Crippen molar-refractivity contribution < 1.29 is 22.6 Å². The van der Waals surface area contributed by atoms with Crippen LogP contribution in [-0.2, 0) is 17.5 Å². The number of benzene rings is 2. The van der Waals surface area contributed by atoms with Crippen molar-refractivity contribution in [1.82, 2.24) is 24.8 Å². The SMILES string of the molecule is COCCN1CCN(c2ncc3ncnc(Nc4cc(CNc5cc(OC)cc(C(F)(F)F)c5)ccc4C)c3n2)CC1. The number of alkyl halides is 3. The number of anilines is 4. The number of methoxy groups -OCH3 is 2. The molecule has 13 heteroatoms. The highest BCUT2D eigenvalue weighted by molar-refractivity contribution is 5.87. The smallest absolute Gasteiger partial charge is 0.416 e. The van der Waals surface area contributed by atoms with Crippen LogP contribution in [-0.4, -0.2) is 78.4 Å². The fourth-order valence-corrected chi connectivity index (χ4v) is 4.71. The summed E-state index contributed by atoms with van der Waals surface area (Å²) < 4.78 is 50.2. The van der Waals surface area contributed by atoms with Gasteiger partial charge in [0.1, 0.15) is 23.1 Å². The van der Waals surface area contributed by atoms with Gasteiger partial charge in [-0.1, -0.05) is 12.1 Å². The second-order valence-electron chi connectivity index (χ2n) is 10.0. The van der Waals surface area contributed by atoms with E-state index in [1.165, 1.54) is 19.5 Å². The lowest BCUT2D eigenvalue weighted by molar-refractivity contribution is -0.137. The van der Waals surface area contributed by atoms with Crippen molar-refractivity contribution in [2.24, 2.45) is 0 Å². The van der Waals surface area contributed by atoms with E-state index in [1.54, 1.807) is 13.3 Å². The summed E-state index contributed by atoms with van der Waals surface area (Å²) in [5.41, 5.74) is 3.37. The van der Waals surface area contributed by atoms with E-state index in [1.807, 2.05) is 25.1 Å². The molecule has 1 saturated heterocycles. The van der Waals surface area contributed by atoms with Crippen molar-refractivity contribution in [2.75, 3.05) is 69.1 Å². The minimum atomic E-state index is -4.48. The summed E-state index contributed by atoms with van der Waals surface area (Å²) >= 11 is 0. The Hall–Kier alpha value is -4.23. The van der Waals surface area contributed by atoms with Gasteiger partial charge in [-0.25, -0.2) is 19.9 Å². The fraction of sp³-hybridized carbons (Fsp3) is 0.379. The van der Waals surface area contributed by atoms with Crippen LogP contribution in [0.2, 0.25) is 0 Å². The largest absolute Gasteiger partial charge is 0.497 e. The van der Waals surface area contributed by atoms with E-state index in [9.17, 15) is 13.2 Å². The van der Waals surface area contributed by atoms with Crippen molar-refractivity contribution in [3.63, 3.8) is 0 Å². The van der Waals surface area contributed by atoms with Crippen molar-refractivity contribution in [3.8, 4) is 5.75 Å². The molecule has 0 bridgehead atoms. The van der Waals surface area contributed by atoms with E-state index in [0.29, 0.717) is 41.6 Å². The third kappa shape index (κ3) is 6.97. The van der Waals surface area contributed by atoms with E-state index in [-0.39, 0.29) is 5.75 Å². The molecule has 3 heterocycles. The molecule has 0 atom stereocenters. The van der Waals surface area contributed by atoms with Crippen LogP contribution in [0, 0.1) is 6.92 Å². The standard InChI is InChI=1S/C29H33F3N8O2/c1-19-4-5-20(16-33-22-13-21(29(30,31)32)14-23(15-22)42-3)12-24(19)37-27-26-25(35-18-36-27)17-34-28(38-26)40-8-6-39(7-9-40)10-11-41-2/h4-5,12-15,17-18,33H,6-11,16H2,1-3H3,(H,35,36,37). The van der Waals surface area contributed by atoms with Gasteiger partial charge in [-0.2, -0.15) is 13.2 Å². The molecule has 4 aromatic rings. The molecule has 0 unspecified atom stereocenters. The average Bonchev–Trinajstić information content (AvgIpc) is 3.00. The predicted molar refractivity (Wildman–Crippen MR) is 155 cm³/mol. The zero-order chi connectivity index (χ0) is 29.7. The zero-order valence-corrected chi connectivity index (χ0v) is 23.7. The van der Waals surface area contributed by atoms with Gasteiger partial charge in [0.05, 0.1) is 25.5 Å². The Labute approximate surface area is 241 Å². The number of halogens is 3. The quantitative estimate of drug-likeness (QED) is 0.269. The lowest BCUT2D eigenvalue weighted by atomic mass is 10.1. The van der Waals surface area contributed by atoms with E-state index in [2.05, 4.69) is 35.4 Å². The molecule has 222 valence electrons. The van der Waals surface area contributed by atoms with Crippen LogP contribution in [0.3, 0.4) is 0 Å². The average molecular weight is 583 g/mol. The number of hydrogen-bond donors (Lipinski definition) is 2. The fourth-order valence-electron chi connectivity index (χ4n) is 4.71. The van der Waals surface area contributed by atoms with Crippen LogP contribution in [0.25, 0.3) is 11.0 Å². The van der Waals surface area contributed by atoms with Gasteiger partial charge < -0.3 is 25.0 Å². The monoisotopic (exact) mass is 582 g/mol. The second kappa shape index (κ2) is 12.7. The summed E-state index contributed by atoms with van der Waals surface area (Å²) in [5.74, 6) is 1.29. The normalized spacial score (nSPS) is 14.3. The predicted octanol–water partition coefficient (Wildman–Crippen LogP) is 4.88. The Balaban J connectivity index is 1.33. The number of rotatable bonds is 10. The minimum absolute atomic E-state index is 0.128. The Bertz CT molecular complexity index is 1530. The van der Waals surface area contributed by atoms with Gasteiger partial charge >= 0.3 is 6.18 Å². The number of aromatic nitrogens is 4. The maximum atomic E-state index is 13.3. The molecule has 0 radical (unpaired) electrons. The maximum absolute atomic E-state index is 13.3. The Morgan fingerprint density at radius 1 is 0.976 bits per heavy atom. The molecular formula is C29H33F3N8O2. The van der Waals surface area contributed by atoms with E-state index in [4.69, 9.17) is 14.5 Å². The van der Waals surface area contributed by atoms with Crippen LogP contribution in [0.15, 0.2) is 48.9 Å². The first-order valence-corrected chi connectivity index (χ1v) is 13.5. The highest BCUT2D eigenvalue weighted by Crippen LogP contribution is 2.34. The molecule has 0 saturated carbocycles. The third-order valence-corrected chi connectivity index (χ3v) is 7.15. The summed E-state index contributed by atoms with van der Waals surface area (Å²) in [6, 6.07) is 9.37. The molecule has 1 fully saturated rings. The molecule has 2 aromatic carbocycles. The highest BCUT2D eigenvalue weighted by Gasteiger charge is 2.31. The number of hydrogen-bond acceptors (Lipinski definition) is 10. The molecule has 0 aliphatic carbocycles. The van der Waals surface area contributed by atoms with E-state index < -0.39 is 11.7 Å². The first kappa shape index (κ1) is 29.3. The first-order chi connectivity index (χ1) is 20.2. The van der Waals surface area contributed by atoms with E-state index in [0.717, 1.165) is 61.7 Å². The van der Waals surface area contributed by atoms with Crippen molar-refractivity contribution >= 4 is 34.2 Å². The second-order valence-corrected chi connectivity index (χ2v) is 10.0. The number of fused-ring (bicyclic) bond motifs is 1. The zero-order valence-electron chi connectivity index (χ0n) is 23.7. The molecule has 42 heavy (non-hydrogen) atoms. The summed E-state index contributed by atoms with van der Waals surface area (Å²) in [7, 11) is 3.05. The number of piperazine rings is 1. The summed E-state index contributed by atoms with van der Waals surface area (Å²) in [4.78, 5) is 22.7. The number of ether oxygens (including phenoxy) is 2. The van der Waals surface area contributed by atoms with Crippen molar-refractivity contribution in [1.29, 1.82) is 0 Å². The van der Waals surface area contributed by atoms with Crippen molar-refractivity contribution in [3.05, 3.63) is 65.6 Å². The van der Waals surface area contributed by atoms with Gasteiger partial charge in [0.25, 0.3) is 0 Å². The minimum Gasteiger partial charge on any atom is -0.497 e. The molecule has 2 aromatic heterocycles. The van der Waals surface area contributed by atoms with Crippen LogP contribution < -0.4 is 20.3 Å². The van der Waals surface area contributed by atoms with Gasteiger partial charge in [-0.3, -0.25) is 4.90 Å². The molecule has 1 aliphatic rings. The number of aryl methyl sites for hydroxylation is 1. The maximum Gasteiger partial charge on any atom is 0.416 e. The van der Waals surface area contributed by atoms with Crippen LogP contribution in [0.5, 0.6) is 5.75 Å². The lowest BCUT2D eigenvalue weighted by Gasteiger charge is -2.34. The molecule has 1 aliphatic heterocycles. The van der Waals surface area contributed by atoms with Crippen molar-refractivity contribution in [2.45, 2.75) is 19.6 Å². The molecule has 10 nitrogen and oxygen atoms in total. The van der Waals surface area contributed by atoms with Crippen LogP contribution in [0.4, 0.5) is 36.3 Å². The molecule has 2 N–H and O–H groups in total. The topological polar surface area (TPSA) is 101 Å². The number of nitrogens with zero attached hydrogens (tertiary/aromatic N) is 6. The molecule has 5 rings (SSSR count). The summed E-state index contributed by atoms with van der Waals surface area (Å²) in [5, 5.41) is 6.46. The molecular weight excluding hydrogens is 549 g/mol. The Kier molecular flexibility index (Phi) is 8.88. The van der Waals surface area contributed by atoms with Gasteiger partial charge in [-0.15, -0.1) is 0 Å². The first-order valence-electron chi connectivity index (χ1n) is 13.5. The van der Waals surface area contributed by atoms with Gasteiger partial charge in [0.2, 0.25) is 5.95 Å². The van der Waals surface area contributed by atoms with Gasteiger partial charge in [0, 0.05) is 63.8 Å². The summed E-state index contributed by atoms with van der Waals surface area (Å²) in [6.07, 6.45) is -1.31. The number of nitrogens with one attached hydrogen (secondary N) is 2. The van der Waals surface area contributed by atoms with Gasteiger partial charge in [-0.05, 0) is 36.2 Å². The lowest BCUT2D eigenvalue weighted by Crippen LogP contribution is -2.47. The van der Waals surface area contributed by atoms with Crippen LogP contribution in [0.1, 0.15) is 16.7 Å². The highest BCUT2D eigenvalue weighted by atomic mass is 19.4.